The van der Waals surface area contributed by atoms with Crippen molar-refractivity contribution in [1.82, 2.24) is 4.90 Å². The molecule has 0 N–H and O–H groups in total. The molecule has 1 aliphatic rings. The number of likely N-dealkylation sites (tertiary alicyclic amines) is 1. The summed E-state index contributed by atoms with van der Waals surface area (Å²) in [6.07, 6.45) is 1.76. The topological polar surface area (TPSA) is 38.8 Å². The molecule has 4 nitrogen and oxygen atoms in total. The lowest BCUT2D eigenvalue weighted by molar-refractivity contribution is -0.147. The normalized spacial score (nSPS) is 16.9. The average Bonchev–Trinajstić information content (AvgIpc) is 2.49. The van der Waals surface area contributed by atoms with Crippen LogP contribution in [0.15, 0.2) is 24.3 Å². The van der Waals surface area contributed by atoms with Crippen LogP contribution in [0.1, 0.15) is 25.3 Å². The number of nitrogens with zero attached hydrogens (tertiary/aromatic N) is 1. The fraction of sp³-hybridized carbons (Fsp3) is 0.562. The van der Waals surface area contributed by atoms with Crippen molar-refractivity contribution in [2.45, 2.75) is 26.3 Å². The molecule has 1 saturated heterocycles. The molecule has 1 heterocycles. The number of piperidine rings is 1. The molecule has 0 amide bonds. The molecule has 0 aromatic heterocycles. The molecule has 0 saturated carbocycles. The third-order valence-electron chi connectivity index (χ3n) is 3.79. The molecule has 0 atom stereocenters. The van der Waals surface area contributed by atoms with Gasteiger partial charge in [-0.15, -0.1) is 0 Å². The van der Waals surface area contributed by atoms with Crippen molar-refractivity contribution in [2.24, 2.45) is 5.92 Å². The first-order valence-electron chi connectivity index (χ1n) is 7.25. The molecule has 0 unspecified atom stereocenters. The van der Waals surface area contributed by atoms with Crippen molar-refractivity contribution in [3.8, 4) is 5.75 Å². The van der Waals surface area contributed by atoms with E-state index in [1.54, 1.807) is 0 Å². The van der Waals surface area contributed by atoms with Crippen LogP contribution < -0.4 is 4.74 Å². The highest BCUT2D eigenvalue weighted by atomic mass is 16.5. The van der Waals surface area contributed by atoms with Crippen LogP contribution in [0, 0.1) is 5.92 Å². The van der Waals surface area contributed by atoms with E-state index in [0.29, 0.717) is 6.61 Å². The van der Waals surface area contributed by atoms with E-state index in [-0.39, 0.29) is 11.9 Å². The van der Waals surface area contributed by atoms with E-state index in [0.717, 1.165) is 38.2 Å². The van der Waals surface area contributed by atoms with E-state index in [1.165, 1.54) is 12.7 Å². The van der Waals surface area contributed by atoms with Gasteiger partial charge in [0.2, 0.25) is 0 Å². The van der Waals surface area contributed by atoms with Crippen LogP contribution in [0.5, 0.6) is 5.75 Å². The van der Waals surface area contributed by atoms with Gasteiger partial charge in [-0.25, -0.2) is 0 Å². The van der Waals surface area contributed by atoms with Crippen molar-refractivity contribution in [2.75, 3.05) is 26.8 Å². The van der Waals surface area contributed by atoms with Gasteiger partial charge in [-0.2, -0.15) is 0 Å². The second-order valence-corrected chi connectivity index (χ2v) is 5.11. The van der Waals surface area contributed by atoms with E-state index in [4.69, 9.17) is 9.47 Å². The Kier molecular flexibility index (Phi) is 5.41. The van der Waals surface area contributed by atoms with Crippen LogP contribution in [0.2, 0.25) is 0 Å². The fourth-order valence-corrected chi connectivity index (χ4v) is 2.67. The first kappa shape index (κ1) is 14.9. The van der Waals surface area contributed by atoms with Crippen LogP contribution in [0.3, 0.4) is 0 Å². The molecule has 1 aromatic carbocycles. The van der Waals surface area contributed by atoms with Gasteiger partial charge in [0.25, 0.3) is 0 Å². The predicted octanol–water partition coefficient (Wildman–Crippen LogP) is 2.47. The van der Waals surface area contributed by atoms with Crippen LogP contribution in [0.4, 0.5) is 0 Å². The number of hydrogen-bond acceptors (Lipinski definition) is 4. The molecule has 110 valence electrons. The highest BCUT2D eigenvalue weighted by molar-refractivity contribution is 5.72. The second-order valence-electron chi connectivity index (χ2n) is 5.11. The molecular weight excluding hydrogens is 254 g/mol. The van der Waals surface area contributed by atoms with Crippen molar-refractivity contribution >= 4 is 5.97 Å². The molecule has 1 aromatic rings. The van der Waals surface area contributed by atoms with Gasteiger partial charge in [-0.3, -0.25) is 9.69 Å². The zero-order valence-corrected chi connectivity index (χ0v) is 12.3. The molecule has 0 bridgehead atoms. The number of esters is 1. The Bertz CT molecular complexity index is 439. The van der Waals surface area contributed by atoms with Gasteiger partial charge in [0.05, 0.1) is 19.6 Å². The lowest BCUT2D eigenvalue weighted by atomic mass is 9.96. The third-order valence-corrected chi connectivity index (χ3v) is 3.79. The number of carbonyl (C=O) groups is 1. The second kappa shape index (κ2) is 7.29. The Labute approximate surface area is 120 Å². The number of rotatable bonds is 5. The zero-order valence-electron chi connectivity index (χ0n) is 12.3. The average molecular weight is 277 g/mol. The summed E-state index contributed by atoms with van der Waals surface area (Å²) in [5.41, 5.74) is 1.21. The monoisotopic (exact) mass is 277 g/mol. The summed E-state index contributed by atoms with van der Waals surface area (Å²) in [6.45, 7) is 5.42. The Morgan fingerprint density at radius 3 is 2.65 bits per heavy atom. The summed E-state index contributed by atoms with van der Waals surface area (Å²) in [4.78, 5) is 13.9. The minimum atomic E-state index is -0.0700. The Balaban J connectivity index is 1.91. The zero-order chi connectivity index (χ0) is 14.4. The van der Waals surface area contributed by atoms with E-state index < -0.39 is 0 Å². The summed E-state index contributed by atoms with van der Waals surface area (Å²) in [5, 5.41) is 0. The Morgan fingerprint density at radius 2 is 2.00 bits per heavy atom. The van der Waals surface area contributed by atoms with Crippen LogP contribution in [0.25, 0.3) is 0 Å². The van der Waals surface area contributed by atoms with Gasteiger partial charge in [0.15, 0.2) is 0 Å². The van der Waals surface area contributed by atoms with Crippen LogP contribution in [-0.4, -0.2) is 37.7 Å². The third kappa shape index (κ3) is 3.73. The molecule has 4 heteroatoms. The van der Waals surface area contributed by atoms with Crippen molar-refractivity contribution in [3.05, 3.63) is 29.8 Å². The number of hydrogen-bond donors (Lipinski definition) is 0. The molecule has 2 rings (SSSR count). The van der Waals surface area contributed by atoms with Crippen molar-refractivity contribution in [3.63, 3.8) is 0 Å². The number of carbonyl (C=O) groups excluding carboxylic acids is 1. The standard InChI is InChI=1S/C16H23NO3/c1-3-20-15-7-5-4-6-14(15)12-17-10-8-13(9-11-17)16(18)19-2/h4-7,13H,3,8-12H2,1-2H3. The van der Waals surface area contributed by atoms with Gasteiger partial charge in [0, 0.05) is 12.1 Å². The van der Waals surface area contributed by atoms with Crippen LogP contribution >= 0.6 is 0 Å². The maximum Gasteiger partial charge on any atom is 0.308 e. The highest BCUT2D eigenvalue weighted by Gasteiger charge is 2.25. The van der Waals surface area contributed by atoms with Gasteiger partial charge in [-0.05, 0) is 38.9 Å². The van der Waals surface area contributed by atoms with Gasteiger partial charge in [0.1, 0.15) is 5.75 Å². The molecular formula is C16H23NO3. The maximum atomic E-state index is 11.5. The molecule has 20 heavy (non-hydrogen) atoms. The van der Waals surface area contributed by atoms with E-state index in [9.17, 15) is 4.79 Å². The number of methoxy groups -OCH3 is 1. The van der Waals surface area contributed by atoms with Crippen molar-refractivity contribution < 1.29 is 14.3 Å². The van der Waals surface area contributed by atoms with E-state index in [2.05, 4.69) is 11.0 Å². The first-order valence-corrected chi connectivity index (χ1v) is 7.25. The maximum absolute atomic E-state index is 11.5. The number of benzene rings is 1. The summed E-state index contributed by atoms with van der Waals surface area (Å²) in [6, 6.07) is 8.16. The minimum absolute atomic E-state index is 0.0679. The molecule has 1 aliphatic heterocycles. The van der Waals surface area contributed by atoms with Gasteiger partial charge >= 0.3 is 5.97 Å². The fourth-order valence-electron chi connectivity index (χ4n) is 2.67. The SMILES string of the molecule is CCOc1ccccc1CN1CCC(C(=O)OC)CC1. The van der Waals surface area contributed by atoms with E-state index in [1.807, 2.05) is 25.1 Å². The smallest absolute Gasteiger partial charge is 0.308 e. The lowest BCUT2D eigenvalue weighted by Crippen LogP contribution is -2.36. The van der Waals surface area contributed by atoms with E-state index >= 15 is 0 Å². The summed E-state index contributed by atoms with van der Waals surface area (Å²) < 4.78 is 10.5. The molecule has 0 aliphatic carbocycles. The number of ether oxygens (including phenoxy) is 2. The van der Waals surface area contributed by atoms with Crippen LogP contribution in [-0.2, 0) is 16.1 Å². The highest BCUT2D eigenvalue weighted by Crippen LogP contribution is 2.24. The lowest BCUT2D eigenvalue weighted by Gasteiger charge is -2.31. The summed E-state index contributed by atoms with van der Waals surface area (Å²) in [5.74, 6) is 0.961. The Morgan fingerprint density at radius 1 is 1.30 bits per heavy atom. The molecule has 1 fully saturated rings. The Hall–Kier alpha value is -1.55. The minimum Gasteiger partial charge on any atom is -0.494 e. The largest absolute Gasteiger partial charge is 0.494 e. The number of para-hydroxylation sites is 1. The van der Waals surface area contributed by atoms with Crippen molar-refractivity contribution in [1.29, 1.82) is 0 Å². The molecule has 0 radical (unpaired) electrons. The van der Waals surface area contributed by atoms with Gasteiger partial charge in [-0.1, -0.05) is 18.2 Å². The quantitative estimate of drug-likeness (QED) is 0.775. The predicted molar refractivity (Wildman–Crippen MR) is 77.6 cm³/mol. The summed E-state index contributed by atoms with van der Waals surface area (Å²) >= 11 is 0. The summed E-state index contributed by atoms with van der Waals surface area (Å²) in [7, 11) is 1.47. The van der Waals surface area contributed by atoms with Gasteiger partial charge < -0.3 is 9.47 Å². The first-order chi connectivity index (χ1) is 9.74. The molecule has 0 spiro atoms.